The first-order valence-corrected chi connectivity index (χ1v) is 8.89. The number of nitro benzene ring substituents is 1. The van der Waals surface area contributed by atoms with E-state index in [1.165, 1.54) is 23.5 Å². The number of hydrogen-bond donors (Lipinski definition) is 0. The number of nitrogens with zero attached hydrogens (tertiary/aromatic N) is 3. The van der Waals surface area contributed by atoms with Crippen molar-refractivity contribution in [1.82, 2.24) is 4.98 Å². The molecule has 1 heterocycles. The van der Waals surface area contributed by atoms with E-state index < -0.39 is 4.92 Å². The second-order valence-corrected chi connectivity index (χ2v) is 6.88. The molecule has 0 atom stereocenters. The van der Waals surface area contributed by atoms with Crippen LogP contribution in [0.25, 0.3) is 22.9 Å². The number of rotatable bonds is 4. The monoisotopic (exact) mass is 401 g/mol. The Morgan fingerprint density at radius 3 is 2.62 bits per heavy atom. The largest absolute Gasteiger partial charge is 0.288 e. The van der Waals surface area contributed by atoms with Gasteiger partial charge in [0.05, 0.1) is 16.2 Å². The lowest BCUT2D eigenvalue weighted by molar-refractivity contribution is -0.384. The fourth-order valence-corrected chi connectivity index (χ4v) is 3.33. The second-order valence-electron chi connectivity index (χ2n) is 5.18. The average molecular weight is 402 g/mol. The molecular weight excluding hydrogens is 393 g/mol. The molecule has 0 bridgehead atoms. The Bertz CT molecular complexity index is 1050. The van der Waals surface area contributed by atoms with E-state index in [2.05, 4.69) is 11.1 Å². The van der Waals surface area contributed by atoms with Crippen LogP contribution in [0.3, 0.4) is 0 Å². The van der Waals surface area contributed by atoms with Gasteiger partial charge in [-0.15, -0.1) is 11.3 Å². The molecule has 128 valence electrons. The van der Waals surface area contributed by atoms with Gasteiger partial charge in [-0.05, 0) is 29.8 Å². The van der Waals surface area contributed by atoms with Gasteiger partial charge in [0.1, 0.15) is 16.1 Å². The Morgan fingerprint density at radius 1 is 1.23 bits per heavy atom. The van der Waals surface area contributed by atoms with Crippen LogP contribution in [0, 0.1) is 21.4 Å². The third-order valence-electron chi connectivity index (χ3n) is 3.47. The third-order valence-corrected chi connectivity index (χ3v) is 4.92. The summed E-state index contributed by atoms with van der Waals surface area (Å²) in [6.07, 6.45) is 1.55. The van der Waals surface area contributed by atoms with Crippen LogP contribution in [-0.2, 0) is 0 Å². The van der Waals surface area contributed by atoms with Crippen molar-refractivity contribution in [2.45, 2.75) is 0 Å². The van der Waals surface area contributed by atoms with E-state index in [0.29, 0.717) is 21.2 Å². The maximum Gasteiger partial charge on any atom is 0.288 e. The Labute approximate surface area is 162 Å². The molecule has 0 saturated heterocycles. The molecule has 26 heavy (non-hydrogen) atoms. The first-order valence-electron chi connectivity index (χ1n) is 7.25. The predicted molar refractivity (Wildman–Crippen MR) is 104 cm³/mol. The zero-order chi connectivity index (χ0) is 18.7. The summed E-state index contributed by atoms with van der Waals surface area (Å²) in [4.78, 5) is 14.9. The van der Waals surface area contributed by atoms with Crippen LogP contribution in [-0.4, -0.2) is 9.91 Å². The molecule has 0 fully saturated rings. The number of nitriles is 1. The van der Waals surface area contributed by atoms with Gasteiger partial charge in [0.2, 0.25) is 0 Å². The SMILES string of the molecule is N#C/C(=C\c1ccc(Cl)c([N+](=O)[O-])c1)c1nc(-c2ccc(Cl)cc2)cs1. The van der Waals surface area contributed by atoms with Gasteiger partial charge in [0.15, 0.2) is 0 Å². The van der Waals surface area contributed by atoms with Crippen LogP contribution in [0.1, 0.15) is 10.6 Å². The Kier molecular flexibility index (Phi) is 5.33. The summed E-state index contributed by atoms with van der Waals surface area (Å²) in [6.45, 7) is 0. The van der Waals surface area contributed by atoms with E-state index in [1.807, 2.05) is 17.5 Å². The smallest absolute Gasteiger partial charge is 0.258 e. The van der Waals surface area contributed by atoms with E-state index in [0.717, 1.165) is 11.3 Å². The fraction of sp³-hybridized carbons (Fsp3) is 0. The van der Waals surface area contributed by atoms with Gasteiger partial charge in [0.25, 0.3) is 5.69 Å². The fourth-order valence-electron chi connectivity index (χ4n) is 2.22. The molecular formula is C18H9Cl2N3O2S. The normalized spacial score (nSPS) is 11.2. The summed E-state index contributed by atoms with van der Waals surface area (Å²) in [5.74, 6) is 0. The average Bonchev–Trinajstić information content (AvgIpc) is 3.11. The lowest BCUT2D eigenvalue weighted by Crippen LogP contribution is -1.90. The van der Waals surface area contributed by atoms with Gasteiger partial charge in [-0.3, -0.25) is 10.1 Å². The maximum absolute atomic E-state index is 11.0. The van der Waals surface area contributed by atoms with E-state index in [-0.39, 0.29) is 10.7 Å². The first-order chi connectivity index (χ1) is 12.5. The van der Waals surface area contributed by atoms with Crippen LogP contribution in [0.5, 0.6) is 0 Å². The third kappa shape index (κ3) is 3.92. The maximum atomic E-state index is 11.0. The Morgan fingerprint density at radius 2 is 1.96 bits per heavy atom. The Hall–Kier alpha value is -2.72. The molecule has 0 radical (unpaired) electrons. The highest BCUT2D eigenvalue weighted by atomic mass is 35.5. The molecule has 0 spiro atoms. The van der Waals surface area contributed by atoms with Gasteiger partial charge in [-0.25, -0.2) is 4.98 Å². The minimum absolute atomic E-state index is 0.0462. The highest BCUT2D eigenvalue weighted by Crippen LogP contribution is 2.30. The quantitative estimate of drug-likeness (QED) is 0.301. The van der Waals surface area contributed by atoms with Crippen LogP contribution in [0.2, 0.25) is 10.0 Å². The van der Waals surface area contributed by atoms with Crippen LogP contribution in [0.4, 0.5) is 5.69 Å². The van der Waals surface area contributed by atoms with Crippen LogP contribution < -0.4 is 0 Å². The lowest BCUT2D eigenvalue weighted by Gasteiger charge is -1.99. The summed E-state index contributed by atoms with van der Waals surface area (Å²) < 4.78 is 0. The van der Waals surface area contributed by atoms with E-state index in [4.69, 9.17) is 23.2 Å². The van der Waals surface area contributed by atoms with Gasteiger partial charge in [0, 0.05) is 22.0 Å². The molecule has 0 amide bonds. The first kappa shape index (κ1) is 18.1. The summed E-state index contributed by atoms with van der Waals surface area (Å²) in [6, 6.07) is 13.7. The molecule has 5 nitrogen and oxygen atoms in total. The van der Waals surface area contributed by atoms with Crippen molar-refractivity contribution in [3.63, 3.8) is 0 Å². The molecule has 8 heteroatoms. The standard InChI is InChI=1S/C18H9Cl2N3O2S/c19-14-4-2-12(3-5-14)16-10-26-18(22-16)13(9-21)7-11-1-6-15(20)17(8-11)23(24)25/h1-8,10H/b13-7+. The van der Waals surface area contributed by atoms with Crippen molar-refractivity contribution in [2.75, 3.05) is 0 Å². The molecule has 0 aliphatic carbocycles. The van der Waals surface area contributed by atoms with Crippen molar-refractivity contribution in [3.05, 3.63) is 78.6 Å². The Balaban J connectivity index is 1.96. The minimum atomic E-state index is -0.562. The molecule has 0 aliphatic rings. The molecule has 0 saturated carbocycles. The van der Waals surface area contributed by atoms with Gasteiger partial charge in [-0.1, -0.05) is 41.4 Å². The minimum Gasteiger partial charge on any atom is -0.258 e. The molecule has 3 aromatic rings. The van der Waals surface area contributed by atoms with Crippen molar-refractivity contribution in [2.24, 2.45) is 0 Å². The number of benzene rings is 2. The van der Waals surface area contributed by atoms with Gasteiger partial charge < -0.3 is 0 Å². The van der Waals surface area contributed by atoms with Crippen molar-refractivity contribution in [1.29, 1.82) is 5.26 Å². The molecule has 0 unspecified atom stereocenters. The van der Waals surface area contributed by atoms with E-state index >= 15 is 0 Å². The number of hydrogen-bond acceptors (Lipinski definition) is 5. The zero-order valence-electron chi connectivity index (χ0n) is 13.0. The zero-order valence-corrected chi connectivity index (χ0v) is 15.3. The molecule has 0 N–H and O–H groups in total. The number of allylic oxidation sites excluding steroid dienone is 1. The summed E-state index contributed by atoms with van der Waals surface area (Å²) >= 11 is 13.0. The van der Waals surface area contributed by atoms with E-state index in [9.17, 15) is 15.4 Å². The van der Waals surface area contributed by atoms with E-state index in [1.54, 1.807) is 24.3 Å². The summed E-state index contributed by atoms with van der Waals surface area (Å²) in [5, 5.41) is 23.5. The number of thiazole rings is 1. The van der Waals surface area contributed by atoms with Crippen molar-refractivity contribution >= 4 is 51.9 Å². The predicted octanol–water partition coefficient (Wildman–Crippen LogP) is 6.09. The highest BCUT2D eigenvalue weighted by Gasteiger charge is 2.14. The molecule has 2 aromatic carbocycles. The van der Waals surface area contributed by atoms with Crippen LogP contribution in [0.15, 0.2) is 47.8 Å². The molecule has 0 aliphatic heterocycles. The molecule has 1 aromatic heterocycles. The number of aromatic nitrogens is 1. The summed E-state index contributed by atoms with van der Waals surface area (Å²) in [5.41, 5.74) is 2.22. The number of halogens is 2. The van der Waals surface area contributed by atoms with Crippen LogP contribution >= 0.6 is 34.5 Å². The van der Waals surface area contributed by atoms with Crippen molar-refractivity contribution < 1.29 is 4.92 Å². The second kappa shape index (κ2) is 7.67. The van der Waals surface area contributed by atoms with Crippen molar-refractivity contribution in [3.8, 4) is 17.3 Å². The molecule has 3 rings (SSSR count). The number of nitro groups is 1. The lowest BCUT2D eigenvalue weighted by atomic mass is 10.1. The summed E-state index contributed by atoms with van der Waals surface area (Å²) in [7, 11) is 0. The topological polar surface area (TPSA) is 79.8 Å². The van der Waals surface area contributed by atoms with Gasteiger partial charge in [-0.2, -0.15) is 5.26 Å². The van der Waals surface area contributed by atoms with Gasteiger partial charge >= 0.3 is 0 Å². The highest BCUT2D eigenvalue weighted by molar-refractivity contribution is 7.11.